The van der Waals surface area contributed by atoms with Gasteiger partial charge in [-0.05, 0) is 85.1 Å². The van der Waals surface area contributed by atoms with Crippen LogP contribution in [0.5, 0.6) is 17.2 Å². The highest BCUT2D eigenvalue weighted by Crippen LogP contribution is 2.52. The number of ether oxygens (including phenoxy) is 4. The molecule has 2 aromatic heterocycles. The van der Waals surface area contributed by atoms with Crippen molar-refractivity contribution in [2.24, 2.45) is 5.41 Å². The normalized spacial score (nSPS) is 19.7. The average molecular weight is 760 g/mol. The average Bonchev–Trinajstić information content (AvgIpc) is 3.11. The van der Waals surface area contributed by atoms with Crippen LogP contribution in [0.3, 0.4) is 0 Å². The van der Waals surface area contributed by atoms with Crippen LogP contribution in [0.4, 0.5) is 15.0 Å². The lowest BCUT2D eigenvalue weighted by molar-refractivity contribution is -0.0366. The molecule has 3 aromatic rings. The van der Waals surface area contributed by atoms with Gasteiger partial charge in [-0.1, -0.05) is 0 Å². The third-order valence-electron chi connectivity index (χ3n) is 11.0. The van der Waals surface area contributed by atoms with E-state index in [9.17, 15) is 14.0 Å². The van der Waals surface area contributed by atoms with Crippen molar-refractivity contribution in [3.05, 3.63) is 65.6 Å². The number of carbonyl (C=O) groups excluding carboxylic acids is 2. The van der Waals surface area contributed by atoms with Crippen LogP contribution in [0.15, 0.2) is 43.0 Å². The van der Waals surface area contributed by atoms with Gasteiger partial charge in [0.1, 0.15) is 35.3 Å². The molecule has 0 unspecified atom stereocenters. The lowest BCUT2D eigenvalue weighted by atomic mass is 9.61. The van der Waals surface area contributed by atoms with Gasteiger partial charge in [0.25, 0.3) is 5.91 Å². The van der Waals surface area contributed by atoms with E-state index < -0.39 is 11.4 Å². The lowest BCUT2D eigenvalue weighted by Gasteiger charge is -2.59. The van der Waals surface area contributed by atoms with Gasteiger partial charge < -0.3 is 33.6 Å². The molecule has 3 aliphatic heterocycles. The number of halogens is 1. The first-order chi connectivity index (χ1) is 26.3. The number of fused-ring (bicyclic) bond motifs is 1. The predicted octanol–water partition coefficient (Wildman–Crippen LogP) is 6.11. The molecule has 3 fully saturated rings. The Labute approximate surface area is 323 Å². The summed E-state index contributed by atoms with van der Waals surface area (Å²) in [4.78, 5) is 47.9. The number of hydrogen-bond acceptors (Lipinski definition) is 11. The molecular weight excluding hydrogens is 705 g/mol. The van der Waals surface area contributed by atoms with Crippen molar-refractivity contribution >= 4 is 17.8 Å². The van der Waals surface area contributed by atoms with Gasteiger partial charge >= 0.3 is 6.09 Å². The SMILES string of the molecule is CCN(C(=O)c1cc(F)ccc1Oc1cncnc1N1CC2(CC(Oc3ccnc4c3CN(CC[C@H]3COCCN3C(=O)OC(C)(C)C)CC4)C2)C1)C(C)C. The number of carbonyl (C=O) groups is 2. The zero-order valence-electron chi connectivity index (χ0n) is 32.9. The third-order valence-corrected chi connectivity index (χ3v) is 11.0. The minimum Gasteiger partial charge on any atom is -0.490 e. The van der Waals surface area contributed by atoms with Crippen LogP contribution in [0.2, 0.25) is 0 Å². The van der Waals surface area contributed by atoms with Crippen molar-refractivity contribution in [2.45, 2.75) is 97.6 Å². The number of anilines is 1. The van der Waals surface area contributed by atoms with Crippen molar-refractivity contribution < 1.29 is 32.9 Å². The summed E-state index contributed by atoms with van der Waals surface area (Å²) in [5, 5.41) is 0. The number of amides is 2. The smallest absolute Gasteiger partial charge is 0.410 e. The van der Waals surface area contributed by atoms with Gasteiger partial charge in [0, 0.05) is 81.1 Å². The number of morpholine rings is 1. The number of nitrogens with zero attached hydrogens (tertiary/aromatic N) is 7. The summed E-state index contributed by atoms with van der Waals surface area (Å²) in [6.07, 6.45) is 8.24. The van der Waals surface area contributed by atoms with Gasteiger partial charge in [-0.25, -0.2) is 19.2 Å². The van der Waals surface area contributed by atoms with Gasteiger partial charge in [0.2, 0.25) is 0 Å². The molecule has 13 nitrogen and oxygen atoms in total. The highest BCUT2D eigenvalue weighted by atomic mass is 19.1. The second-order valence-corrected chi connectivity index (χ2v) is 16.6. The number of rotatable bonds is 11. The fraction of sp³-hybridized carbons (Fsp3) is 0.585. The summed E-state index contributed by atoms with van der Waals surface area (Å²) in [5.74, 6) is 1.42. The van der Waals surface area contributed by atoms with E-state index in [1.807, 2.05) is 58.7 Å². The number of pyridine rings is 1. The molecule has 1 aromatic carbocycles. The van der Waals surface area contributed by atoms with Crippen molar-refractivity contribution in [3.63, 3.8) is 0 Å². The second-order valence-electron chi connectivity index (χ2n) is 16.6. The third kappa shape index (κ3) is 8.65. The van der Waals surface area contributed by atoms with Gasteiger partial charge in [-0.15, -0.1) is 0 Å². The molecule has 2 saturated heterocycles. The topological polar surface area (TPSA) is 123 Å². The van der Waals surface area contributed by atoms with Gasteiger partial charge in [0.15, 0.2) is 11.6 Å². The summed E-state index contributed by atoms with van der Waals surface area (Å²) >= 11 is 0. The van der Waals surface area contributed by atoms with E-state index in [0.717, 1.165) is 75.4 Å². The Bertz CT molecular complexity index is 1860. The maximum Gasteiger partial charge on any atom is 0.410 e. The zero-order chi connectivity index (χ0) is 38.9. The zero-order valence-corrected chi connectivity index (χ0v) is 32.9. The number of benzene rings is 1. The molecule has 7 rings (SSSR count). The van der Waals surface area contributed by atoms with E-state index in [1.54, 1.807) is 11.1 Å². The number of hydrogen-bond donors (Lipinski definition) is 0. The Kier molecular flexibility index (Phi) is 11.2. The van der Waals surface area contributed by atoms with Crippen LogP contribution in [-0.4, -0.2) is 118 Å². The minimum atomic E-state index is -0.543. The quantitative estimate of drug-likeness (QED) is 0.225. The summed E-state index contributed by atoms with van der Waals surface area (Å²) in [7, 11) is 0. The maximum absolute atomic E-state index is 14.4. The van der Waals surface area contributed by atoms with Crippen LogP contribution in [0.25, 0.3) is 0 Å². The summed E-state index contributed by atoms with van der Waals surface area (Å²) in [6, 6.07) is 5.91. The monoisotopic (exact) mass is 759 g/mol. The van der Waals surface area contributed by atoms with E-state index in [2.05, 4.69) is 19.8 Å². The fourth-order valence-electron chi connectivity index (χ4n) is 8.29. The highest BCUT2D eigenvalue weighted by molar-refractivity contribution is 5.97. The van der Waals surface area contributed by atoms with Crippen molar-refractivity contribution in [1.82, 2.24) is 29.7 Å². The largest absolute Gasteiger partial charge is 0.490 e. The van der Waals surface area contributed by atoms with Crippen LogP contribution < -0.4 is 14.4 Å². The highest BCUT2D eigenvalue weighted by Gasteiger charge is 2.54. The first kappa shape index (κ1) is 38.7. The Hall–Kier alpha value is -4.56. The predicted molar refractivity (Wildman–Crippen MR) is 204 cm³/mol. The molecule has 296 valence electrons. The Balaban J connectivity index is 0.942. The van der Waals surface area contributed by atoms with Gasteiger partial charge in [-0.3, -0.25) is 14.7 Å². The number of aromatic nitrogens is 3. The second kappa shape index (κ2) is 15.9. The van der Waals surface area contributed by atoms with Crippen LogP contribution >= 0.6 is 0 Å². The van der Waals surface area contributed by atoms with Gasteiger partial charge in [-0.2, -0.15) is 0 Å². The van der Waals surface area contributed by atoms with E-state index >= 15 is 0 Å². The Morgan fingerprint density at radius 1 is 1.09 bits per heavy atom. The molecule has 0 bridgehead atoms. The van der Waals surface area contributed by atoms with Crippen molar-refractivity contribution in [2.75, 3.05) is 57.4 Å². The molecule has 55 heavy (non-hydrogen) atoms. The molecule has 2 amide bonds. The van der Waals surface area contributed by atoms with E-state index in [0.29, 0.717) is 37.9 Å². The summed E-state index contributed by atoms with van der Waals surface area (Å²) < 4.78 is 38.7. The maximum atomic E-state index is 14.4. The fourth-order valence-corrected chi connectivity index (χ4v) is 8.29. The molecule has 1 aliphatic carbocycles. The van der Waals surface area contributed by atoms with Crippen molar-refractivity contribution in [3.8, 4) is 17.2 Å². The molecule has 14 heteroatoms. The molecule has 0 N–H and O–H groups in total. The summed E-state index contributed by atoms with van der Waals surface area (Å²) in [5.41, 5.74) is 1.96. The molecule has 0 radical (unpaired) electrons. The molecule has 1 spiro atoms. The first-order valence-corrected chi connectivity index (χ1v) is 19.6. The summed E-state index contributed by atoms with van der Waals surface area (Å²) in [6.45, 7) is 17.5. The van der Waals surface area contributed by atoms with Crippen LogP contribution in [0, 0.1) is 11.2 Å². The molecule has 4 aliphatic rings. The molecular formula is C41H54FN7O6. The first-order valence-electron chi connectivity index (χ1n) is 19.6. The van der Waals surface area contributed by atoms with Gasteiger partial charge in [0.05, 0.1) is 31.0 Å². The standard InChI is InChI=1S/C41H54FN7O6/c1-7-48(27(2)3)38(50)31-18-28(42)8-9-34(31)54-36-21-43-26-45-37(36)47-24-41(25-47)19-30(20-41)53-35-10-13-44-33-12-15-46(22-32(33)35)14-11-29-23-52-17-16-49(29)39(51)55-40(4,5)6/h8-10,13,18,21,26-27,29-30H,7,11-12,14-17,19-20,22-25H2,1-6H3/t29-/m0/s1. The van der Waals surface area contributed by atoms with Crippen molar-refractivity contribution in [1.29, 1.82) is 0 Å². The molecule has 1 saturated carbocycles. The van der Waals surface area contributed by atoms with E-state index in [1.165, 1.54) is 24.5 Å². The minimum absolute atomic E-state index is 0.0288. The van der Waals surface area contributed by atoms with Crippen LogP contribution in [-0.2, 0) is 22.4 Å². The lowest BCUT2D eigenvalue weighted by Crippen LogP contribution is -2.65. The Morgan fingerprint density at radius 2 is 1.89 bits per heavy atom. The van der Waals surface area contributed by atoms with E-state index in [-0.39, 0.29) is 46.9 Å². The Morgan fingerprint density at radius 3 is 2.64 bits per heavy atom. The molecule has 1 atom stereocenters. The van der Waals surface area contributed by atoms with E-state index in [4.69, 9.17) is 23.9 Å². The van der Waals surface area contributed by atoms with Crippen LogP contribution in [0.1, 0.15) is 82.4 Å². The molecule has 5 heterocycles.